The van der Waals surface area contributed by atoms with Crippen molar-refractivity contribution in [1.29, 1.82) is 0 Å². The van der Waals surface area contributed by atoms with Crippen LogP contribution in [0.3, 0.4) is 0 Å². The third-order valence-electron chi connectivity index (χ3n) is 3.20. The molecule has 2 rings (SSSR count). The molecule has 0 aliphatic carbocycles. The molecule has 1 N–H and O–H groups in total. The topological polar surface area (TPSA) is 55.1 Å². The van der Waals surface area contributed by atoms with Gasteiger partial charge in [-0.05, 0) is 24.3 Å². The molecular formula is C13H18N2O2S. The number of unbranched alkanes of at least 4 members (excludes halogenated alkanes) is 1. The summed E-state index contributed by atoms with van der Waals surface area (Å²) in [6, 6.07) is -0.159. The number of rotatable bonds is 5. The maximum absolute atomic E-state index is 12.4. The Hall–Kier alpha value is -1.20. The predicted molar refractivity (Wildman–Crippen MR) is 74.3 cm³/mol. The van der Waals surface area contributed by atoms with E-state index < -0.39 is 0 Å². The van der Waals surface area contributed by atoms with Crippen molar-refractivity contribution < 1.29 is 5.11 Å². The highest BCUT2D eigenvalue weighted by Crippen LogP contribution is 2.21. The number of aliphatic hydroxyl groups is 1. The van der Waals surface area contributed by atoms with Gasteiger partial charge >= 0.3 is 0 Å². The molecule has 0 aromatic carbocycles. The lowest BCUT2D eigenvalue weighted by Crippen LogP contribution is -2.27. The normalized spacial score (nSPS) is 13.1. The lowest BCUT2D eigenvalue weighted by Gasteiger charge is -2.16. The second-order valence-electron chi connectivity index (χ2n) is 4.53. The Morgan fingerprint density at radius 2 is 2.33 bits per heavy atom. The molecule has 0 aliphatic rings. The van der Waals surface area contributed by atoms with Crippen LogP contribution in [0.5, 0.6) is 0 Å². The molecule has 1 atom stereocenters. The quantitative estimate of drug-likeness (QED) is 0.904. The highest BCUT2D eigenvalue weighted by atomic mass is 32.1. The number of thiophene rings is 1. The van der Waals surface area contributed by atoms with Gasteiger partial charge in [0, 0.05) is 0 Å². The Morgan fingerprint density at radius 3 is 3.00 bits per heavy atom. The predicted octanol–water partition coefficient (Wildman–Crippen LogP) is 2.49. The van der Waals surface area contributed by atoms with Gasteiger partial charge in [-0.15, -0.1) is 11.3 Å². The minimum atomic E-state index is -0.159. The first-order valence-electron chi connectivity index (χ1n) is 6.24. The van der Waals surface area contributed by atoms with Gasteiger partial charge in [0.25, 0.3) is 5.56 Å². The average molecular weight is 266 g/mol. The summed E-state index contributed by atoms with van der Waals surface area (Å²) >= 11 is 1.49. The molecule has 0 radical (unpaired) electrons. The van der Waals surface area contributed by atoms with Gasteiger partial charge in [-0.2, -0.15) is 0 Å². The van der Waals surface area contributed by atoms with E-state index in [0.717, 1.165) is 29.7 Å². The van der Waals surface area contributed by atoms with E-state index >= 15 is 0 Å². The molecule has 0 fully saturated rings. The van der Waals surface area contributed by atoms with E-state index in [1.807, 2.05) is 12.3 Å². The number of hydrogen-bond donors (Lipinski definition) is 1. The molecule has 0 saturated carbocycles. The van der Waals surface area contributed by atoms with Gasteiger partial charge in [0.05, 0.1) is 24.4 Å². The van der Waals surface area contributed by atoms with Gasteiger partial charge in [-0.1, -0.05) is 19.8 Å². The van der Waals surface area contributed by atoms with Gasteiger partial charge in [0.2, 0.25) is 0 Å². The van der Waals surface area contributed by atoms with Crippen molar-refractivity contribution in [3.8, 4) is 0 Å². The van der Waals surface area contributed by atoms with Gasteiger partial charge in [-0.25, -0.2) is 4.98 Å². The molecule has 2 aromatic heterocycles. The lowest BCUT2D eigenvalue weighted by atomic mass is 10.1. The SMILES string of the molecule is CCCC[C@@H](CO)n1cnc2scc(C)c2c1=O. The van der Waals surface area contributed by atoms with E-state index in [4.69, 9.17) is 0 Å². The Labute approximate surface area is 110 Å². The van der Waals surface area contributed by atoms with Crippen LogP contribution in [0.4, 0.5) is 0 Å². The molecule has 0 aliphatic heterocycles. The number of aryl methyl sites for hydroxylation is 1. The first-order chi connectivity index (χ1) is 8.69. The molecule has 0 bridgehead atoms. The summed E-state index contributed by atoms with van der Waals surface area (Å²) in [5.74, 6) is 0. The highest BCUT2D eigenvalue weighted by Gasteiger charge is 2.15. The molecule has 0 spiro atoms. The third kappa shape index (κ3) is 2.33. The summed E-state index contributed by atoms with van der Waals surface area (Å²) in [4.78, 5) is 17.5. The summed E-state index contributed by atoms with van der Waals surface area (Å²) in [6.45, 7) is 4.00. The Bertz CT molecular complexity index is 588. The van der Waals surface area contributed by atoms with Crippen LogP contribution in [0.1, 0.15) is 37.8 Å². The fourth-order valence-corrected chi connectivity index (χ4v) is 2.98. The second kappa shape index (κ2) is 5.63. The number of nitrogens with zero attached hydrogens (tertiary/aromatic N) is 2. The van der Waals surface area contributed by atoms with Crippen molar-refractivity contribution in [2.24, 2.45) is 0 Å². The van der Waals surface area contributed by atoms with E-state index in [2.05, 4.69) is 11.9 Å². The summed E-state index contributed by atoms with van der Waals surface area (Å²) in [5.41, 5.74) is 0.933. The van der Waals surface area contributed by atoms with E-state index in [-0.39, 0.29) is 18.2 Å². The number of fused-ring (bicyclic) bond motifs is 1. The standard InChI is InChI=1S/C13H18N2O2S/c1-3-4-5-10(6-16)15-8-14-12-11(13(15)17)9(2)7-18-12/h7-8,10,16H,3-6H2,1-2H3/t10-/m0/s1. The van der Waals surface area contributed by atoms with E-state index in [0.29, 0.717) is 5.39 Å². The van der Waals surface area contributed by atoms with Crippen LogP contribution in [0.2, 0.25) is 0 Å². The maximum atomic E-state index is 12.4. The van der Waals surface area contributed by atoms with Crippen molar-refractivity contribution in [2.45, 2.75) is 39.2 Å². The summed E-state index contributed by atoms with van der Waals surface area (Å²) < 4.78 is 1.58. The van der Waals surface area contributed by atoms with Crippen LogP contribution in [-0.2, 0) is 0 Å². The zero-order valence-electron chi connectivity index (χ0n) is 10.7. The minimum absolute atomic E-state index is 0.0176. The van der Waals surface area contributed by atoms with Crippen LogP contribution in [0, 0.1) is 6.92 Å². The van der Waals surface area contributed by atoms with Gasteiger partial charge < -0.3 is 5.11 Å². The summed E-state index contributed by atoms with van der Waals surface area (Å²) in [5, 5.41) is 12.1. The summed E-state index contributed by atoms with van der Waals surface area (Å²) in [7, 11) is 0. The monoisotopic (exact) mass is 266 g/mol. The van der Waals surface area contributed by atoms with Crippen molar-refractivity contribution in [3.63, 3.8) is 0 Å². The van der Waals surface area contributed by atoms with Gasteiger partial charge in [0.15, 0.2) is 0 Å². The molecule has 98 valence electrons. The first kappa shape index (κ1) is 13.2. The van der Waals surface area contributed by atoms with Crippen LogP contribution in [0.15, 0.2) is 16.5 Å². The van der Waals surface area contributed by atoms with E-state index in [9.17, 15) is 9.90 Å². The molecule has 18 heavy (non-hydrogen) atoms. The lowest BCUT2D eigenvalue weighted by molar-refractivity contribution is 0.215. The Balaban J connectivity index is 2.46. The second-order valence-corrected chi connectivity index (χ2v) is 5.39. The van der Waals surface area contributed by atoms with Crippen molar-refractivity contribution in [3.05, 3.63) is 27.6 Å². The third-order valence-corrected chi connectivity index (χ3v) is 4.20. The number of aliphatic hydroxyl groups excluding tert-OH is 1. The van der Waals surface area contributed by atoms with E-state index in [1.165, 1.54) is 11.3 Å². The summed E-state index contributed by atoms with van der Waals surface area (Å²) in [6.07, 6.45) is 4.43. The first-order valence-corrected chi connectivity index (χ1v) is 7.12. The molecule has 0 saturated heterocycles. The molecule has 0 amide bonds. The zero-order chi connectivity index (χ0) is 13.1. The van der Waals surface area contributed by atoms with Crippen LogP contribution in [0.25, 0.3) is 10.2 Å². The largest absolute Gasteiger partial charge is 0.394 e. The minimum Gasteiger partial charge on any atom is -0.394 e. The average Bonchev–Trinajstić information content (AvgIpc) is 2.75. The fourth-order valence-electron chi connectivity index (χ4n) is 2.10. The van der Waals surface area contributed by atoms with Gasteiger partial charge in [0.1, 0.15) is 4.83 Å². The molecule has 4 nitrogen and oxygen atoms in total. The fraction of sp³-hybridized carbons (Fsp3) is 0.538. The Morgan fingerprint density at radius 1 is 1.56 bits per heavy atom. The Kier molecular flexibility index (Phi) is 4.14. The smallest absolute Gasteiger partial charge is 0.262 e. The molecule has 0 unspecified atom stereocenters. The van der Waals surface area contributed by atoms with Crippen LogP contribution in [-0.4, -0.2) is 21.3 Å². The zero-order valence-corrected chi connectivity index (χ0v) is 11.5. The number of aromatic nitrogens is 2. The van der Waals surface area contributed by atoms with Crippen molar-refractivity contribution in [2.75, 3.05) is 6.61 Å². The van der Waals surface area contributed by atoms with Crippen molar-refractivity contribution >= 4 is 21.6 Å². The molecule has 5 heteroatoms. The number of hydrogen-bond acceptors (Lipinski definition) is 4. The molecule has 2 heterocycles. The molecular weight excluding hydrogens is 248 g/mol. The van der Waals surface area contributed by atoms with Crippen molar-refractivity contribution in [1.82, 2.24) is 9.55 Å². The van der Waals surface area contributed by atoms with Crippen LogP contribution < -0.4 is 5.56 Å². The van der Waals surface area contributed by atoms with Gasteiger partial charge in [-0.3, -0.25) is 9.36 Å². The maximum Gasteiger partial charge on any atom is 0.262 e. The van der Waals surface area contributed by atoms with Crippen LogP contribution >= 0.6 is 11.3 Å². The van der Waals surface area contributed by atoms with E-state index in [1.54, 1.807) is 10.9 Å². The highest BCUT2D eigenvalue weighted by molar-refractivity contribution is 7.16. The molecule has 2 aromatic rings.